The maximum Gasteiger partial charge on any atom is 0.322 e. The van der Waals surface area contributed by atoms with E-state index in [4.69, 9.17) is 0 Å². The fraction of sp³-hybridized carbons (Fsp3) is 0.533. The van der Waals surface area contributed by atoms with Crippen molar-refractivity contribution in [3.8, 4) is 0 Å². The molecule has 2 aliphatic heterocycles. The van der Waals surface area contributed by atoms with Gasteiger partial charge in [-0.1, -0.05) is 0 Å². The van der Waals surface area contributed by atoms with Gasteiger partial charge in [0, 0.05) is 11.4 Å². The third-order valence-electron chi connectivity index (χ3n) is 4.78. The zero-order chi connectivity index (χ0) is 15.3. The second-order valence-corrected chi connectivity index (χ2v) is 7.37. The molecule has 1 spiro atoms. The third kappa shape index (κ3) is 2.03. The average molecular weight is 319 g/mol. The van der Waals surface area contributed by atoms with E-state index in [-0.39, 0.29) is 18.4 Å². The third-order valence-corrected chi connectivity index (χ3v) is 6.00. The molecular weight excluding hydrogens is 302 g/mol. The lowest BCUT2D eigenvalue weighted by Crippen LogP contribution is -2.49. The lowest BCUT2D eigenvalue weighted by molar-refractivity contribution is -0.123. The lowest BCUT2D eigenvalue weighted by Gasteiger charge is -2.20. The average Bonchev–Trinajstić information content (AvgIpc) is 3.16. The van der Waals surface area contributed by atoms with Gasteiger partial charge in [0.15, 0.2) is 0 Å². The van der Waals surface area contributed by atoms with Gasteiger partial charge in [0.1, 0.15) is 5.54 Å². The number of nitrogens with one attached hydrogen (secondary N) is 2. The smallest absolute Gasteiger partial charge is 0.322 e. The van der Waals surface area contributed by atoms with Crippen LogP contribution < -0.4 is 10.6 Å². The zero-order valence-corrected chi connectivity index (χ0v) is 12.9. The van der Waals surface area contributed by atoms with Crippen molar-refractivity contribution in [2.24, 2.45) is 0 Å². The Balaban J connectivity index is 1.53. The minimum absolute atomic E-state index is 0.0229. The molecule has 2 saturated heterocycles. The van der Waals surface area contributed by atoms with Gasteiger partial charge in [-0.15, -0.1) is 11.3 Å². The molecule has 1 aliphatic carbocycles. The molecule has 1 aromatic heterocycles. The summed E-state index contributed by atoms with van der Waals surface area (Å²) < 4.78 is 0. The number of fused-ring (bicyclic) bond motifs is 1. The quantitative estimate of drug-likeness (QED) is 0.760. The number of rotatable bonds is 1. The Morgan fingerprint density at radius 3 is 2.82 bits per heavy atom. The second-order valence-electron chi connectivity index (χ2n) is 6.23. The number of urea groups is 1. The van der Waals surface area contributed by atoms with E-state index in [0.29, 0.717) is 13.0 Å². The van der Waals surface area contributed by atoms with Crippen LogP contribution in [0.5, 0.6) is 0 Å². The number of thiophene rings is 1. The summed E-state index contributed by atoms with van der Waals surface area (Å²) in [5.41, 5.74) is 0.379. The SMILES string of the molecule is O=C1NC(=O)C2(CCN(C(=O)c3cc4c(s3)CCCC4)C2)N1. The van der Waals surface area contributed by atoms with E-state index in [9.17, 15) is 14.4 Å². The van der Waals surface area contributed by atoms with Crippen LogP contribution in [0.25, 0.3) is 0 Å². The highest BCUT2D eigenvalue weighted by molar-refractivity contribution is 7.14. The maximum absolute atomic E-state index is 12.7. The maximum atomic E-state index is 12.7. The molecule has 7 heteroatoms. The molecule has 4 amide bonds. The van der Waals surface area contributed by atoms with Crippen molar-refractivity contribution in [3.05, 3.63) is 21.4 Å². The van der Waals surface area contributed by atoms with Crippen LogP contribution in [0.15, 0.2) is 6.07 Å². The number of imide groups is 1. The predicted molar refractivity (Wildman–Crippen MR) is 80.9 cm³/mol. The fourth-order valence-corrected chi connectivity index (χ4v) is 4.77. The van der Waals surface area contributed by atoms with Crippen LogP contribution in [0.2, 0.25) is 0 Å². The van der Waals surface area contributed by atoms with E-state index in [0.717, 1.165) is 17.7 Å². The largest absolute Gasteiger partial charge is 0.335 e. The number of likely N-dealkylation sites (tertiary alicyclic amines) is 1. The van der Waals surface area contributed by atoms with E-state index in [2.05, 4.69) is 10.6 Å². The molecule has 4 rings (SSSR count). The van der Waals surface area contributed by atoms with E-state index in [1.165, 1.54) is 23.3 Å². The Hall–Kier alpha value is -1.89. The first-order valence-electron chi connectivity index (χ1n) is 7.62. The highest BCUT2D eigenvalue weighted by Crippen LogP contribution is 2.32. The normalized spacial score (nSPS) is 27.0. The summed E-state index contributed by atoms with van der Waals surface area (Å²) in [6, 6.07) is 1.55. The highest BCUT2D eigenvalue weighted by Gasteiger charge is 2.51. The molecule has 3 heterocycles. The zero-order valence-electron chi connectivity index (χ0n) is 12.1. The summed E-state index contributed by atoms with van der Waals surface area (Å²) >= 11 is 1.58. The number of carbonyl (C=O) groups excluding carboxylic acids is 3. The van der Waals surface area contributed by atoms with Gasteiger partial charge in [0.05, 0.1) is 11.4 Å². The Morgan fingerprint density at radius 2 is 2.09 bits per heavy atom. The van der Waals surface area contributed by atoms with E-state index in [1.54, 1.807) is 16.2 Å². The molecule has 2 fully saturated rings. The van der Waals surface area contributed by atoms with Crippen molar-refractivity contribution >= 4 is 29.2 Å². The van der Waals surface area contributed by atoms with Gasteiger partial charge in [-0.2, -0.15) is 0 Å². The minimum Gasteiger partial charge on any atom is -0.335 e. The number of nitrogens with zero attached hydrogens (tertiary/aromatic N) is 1. The summed E-state index contributed by atoms with van der Waals surface area (Å²) in [5, 5.41) is 4.94. The molecule has 0 radical (unpaired) electrons. The topological polar surface area (TPSA) is 78.5 Å². The molecule has 2 N–H and O–H groups in total. The lowest BCUT2D eigenvalue weighted by atomic mass is 9.99. The Bertz CT molecular complexity index is 660. The molecule has 1 unspecified atom stereocenters. The minimum atomic E-state index is -0.927. The molecule has 6 nitrogen and oxygen atoms in total. The van der Waals surface area contributed by atoms with Gasteiger partial charge in [-0.05, 0) is 43.7 Å². The summed E-state index contributed by atoms with van der Waals surface area (Å²) in [6.45, 7) is 0.751. The number of carbonyl (C=O) groups is 3. The van der Waals surface area contributed by atoms with Gasteiger partial charge in [0.2, 0.25) is 0 Å². The van der Waals surface area contributed by atoms with E-state index >= 15 is 0 Å². The van der Waals surface area contributed by atoms with Gasteiger partial charge in [0.25, 0.3) is 11.8 Å². The van der Waals surface area contributed by atoms with Crippen LogP contribution in [0.3, 0.4) is 0 Å². The van der Waals surface area contributed by atoms with Crippen LogP contribution in [0.1, 0.15) is 39.4 Å². The summed E-state index contributed by atoms with van der Waals surface area (Å²) in [5.74, 6) is -0.344. The van der Waals surface area contributed by atoms with Crippen LogP contribution in [0.4, 0.5) is 4.79 Å². The van der Waals surface area contributed by atoms with Crippen LogP contribution >= 0.6 is 11.3 Å². The number of aryl methyl sites for hydroxylation is 2. The van der Waals surface area contributed by atoms with Crippen molar-refractivity contribution in [1.29, 1.82) is 0 Å². The molecule has 0 saturated carbocycles. The second kappa shape index (κ2) is 4.81. The molecule has 1 atom stereocenters. The predicted octanol–water partition coefficient (Wildman–Crippen LogP) is 1.05. The van der Waals surface area contributed by atoms with Crippen LogP contribution in [-0.2, 0) is 17.6 Å². The van der Waals surface area contributed by atoms with Crippen molar-refractivity contribution in [2.45, 2.75) is 37.6 Å². The fourth-order valence-electron chi connectivity index (χ4n) is 3.55. The van der Waals surface area contributed by atoms with Gasteiger partial charge < -0.3 is 10.2 Å². The van der Waals surface area contributed by atoms with E-state index < -0.39 is 11.6 Å². The van der Waals surface area contributed by atoms with Crippen LogP contribution in [0, 0.1) is 0 Å². The molecule has 0 bridgehead atoms. The molecule has 116 valence electrons. The molecule has 1 aromatic rings. The highest BCUT2D eigenvalue weighted by atomic mass is 32.1. The summed E-state index contributed by atoms with van der Waals surface area (Å²) in [7, 11) is 0. The summed E-state index contributed by atoms with van der Waals surface area (Å²) in [4.78, 5) is 39.7. The number of hydrogen-bond donors (Lipinski definition) is 2. The van der Waals surface area contributed by atoms with Crippen molar-refractivity contribution in [2.75, 3.05) is 13.1 Å². The number of amides is 4. The molecule has 3 aliphatic rings. The van der Waals surface area contributed by atoms with Crippen molar-refractivity contribution < 1.29 is 14.4 Å². The van der Waals surface area contributed by atoms with Crippen LogP contribution in [-0.4, -0.2) is 41.4 Å². The standard InChI is InChI=1S/C15H17N3O3S/c19-12(11-7-9-3-1-2-4-10(9)22-11)18-6-5-15(8-18)13(20)16-14(21)17-15/h7H,1-6,8H2,(H2,16,17,20,21). The summed E-state index contributed by atoms with van der Waals surface area (Å²) in [6.07, 6.45) is 4.98. The first kappa shape index (κ1) is 13.8. The van der Waals surface area contributed by atoms with Crippen molar-refractivity contribution in [3.63, 3.8) is 0 Å². The monoisotopic (exact) mass is 319 g/mol. The van der Waals surface area contributed by atoms with Crippen molar-refractivity contribution in [1.82, 2.24) is 15.5 Å². The molecule has 22 heavy (non-hydrogen) atoms. The molecular formula is C15H17N3O3S. The van der Waals surface area contributed by atoms with Gasteiger partial charge in [-0.25, -0.2) is 4.79 Å². The first-order chi connectivity index (χ1) is 10.6. The Labute approximate surface area is 131 Å². The van der Waals surface area contributed by atoms with E-state index in [1.807, 2.05) is 6.07 Å². The first-order valence-corrected chi connectivity index (χ1v) is 8.43. The molecule has 0 aromatic carbocycles. The van der Waals surface area contributed by atoms with Gasteiger partial charge >= 0.3 is 6.03 Å². The Morgan fingerprint density at radius 1 is 1.27 bits per heavy atom. The number of hydrogen-bond acceptors (Lipinski definition) is 4. The van der Waals surface area contributed by atoms with Gasteiger partial charge in [-0.3, -0.25) is 14.9 Å². The Kier molecular flexibility index (Phi) is 3.00.